The van der Waals surface area contributed by atoms with E-state index in [9.17, 15) is 8.42 Å². The van der Waals surface area contributed by atoms with E-state index in [4.69, 9.17) is 10.5 Å². The lowest BCUT2D eigenvalue weighted by Crippen LogP contribution is -2.31. The van der Waals surface area contributed by atoms with Gasteiger partial charge in [0.1, 0.15) is 0 Å². The third kappa shape index (κ3) is 2.67. The number of hydrogen-bond donors (Lipinski definition) is 1. The lowest BCUT2D eigenvalue weighted by Gasteiger charge is -2.27. The maximum atomic E-state index is 12.5. The molecule has 1 saturated carbocycles. The maximum absolute atomic E-state index is 12.5. The predicted octanol–water partition coefficient (Wildman–Crippen LogP) is 2.00. The first-order valence-corrected chi connectivity index (χ1v) is 7.71. The van der Waals surface area contributed by atoms with E-state index in [1.54, 1.807) is 31.4 Å². The van der Waals surface area contributed by atoms with E-state index in [1.807, 2.05) is 0 Å². The Morgan fingerprint density at radius 1 is 1.22 bits per heavy atom. The predicted molar refractivity (Wildman–Crippen MR) is 71.1 cm³/mol. The normalized spacial score (nSPS) is 24.9. The van der Waals surface area contributed by atoms with Crippen molar-refractivity contribution in [3.05, 3.63) is 24.3 Å². The summed E-state index contributed by atoms with van der Waals surface area (Å²) in [5.41, 5.74) is 6.15. The molecule has 0 aromatic heterocycles. The molecule has 2 rings (SSSR count). The third-order valence-electron chi connectivity index (χ3n) is 3.56. The molecule has 100 valence electrons. The van der Waals surface area contributed by atoms with Crippen molar-refractivity contribution >= 4 is 15.5 Å². The number of sulfone groups is 1. The first-order chi connectivity index (χ1) is 8.54. The molecule has 2 atom stereocenters. The van der Waals surface area contributed by atoms with E-state index in [1.165, 1.54) is 0 Å². The van der Waals surface area contributed by atoms with Gasteiger partial charge in [-0.2, -0.15) is 0 Å². The number of anilines is 1. The molecule has 0 radical (unpaired) electrons. The molecule has 1 aromatic carbocycles. The van der Waals surface area contributed by atoms with Crippen LogP contribution in [0.2, 0.25) is 0 Å². The topological polar surface area (TPSA) is 69.4 Å². The van der Waals surface area contributed by atoms with Crippen LogP contribution in [0.3, 0.4) is 0 Å². The van der Waals surface area contributed by atoms with Crippen LogP contribution < -0.4 is 5.73 Å². The summed E-state index contributed by atoms with van der Waals surface area (Å²) < 4.78 is 30.2. The number of ether oxygens (including phenoxy) is 1. The van der Waals surface area contributed by atoms with Crippen molar-refractivity contribution in [2.45, 2.75) is 41.9 Å². The lowest BCUT2D eigenvalue weighted by atomic mass is 9.97. The highest BCUT2D eigenvalue weighted by Crippen LogP contribution is 2.30. The first kappa shape index (κ1) is 13.4. The van der Waals surface area contributed by atoms with Crippen LogP contribution in [0, 0.1) is 0 Å². The van der Waals surface area contributed by atoms with E-state index in [2.05, 4.69) is 0 Å². The summed E-state index contributed by atoms with van der Waals surface area (Å²) in [5.74, 6) is 0. The molecular weight excluding hydrogens is 250 g/mol. The molecule has 2 unspecified atom stereocenters. The highest BCUT2D eigenvalue weighted by Gasteiger charge is 2.32. The van der Waals surface area contributed by atoms with Gasteiger partial charge in [-0.15, -0.1) is 0 Å². The standard InChI is InChI=1S/C13H19NO3S/c1-17-11-3-2-4-13(9-11)18(15,16)12-7-5-10(14)6-8-12/h5-8,11,13H,2-4,9,14H2,1H3. The number of nitrogen functional groups attached to an aromatic ring is 1. The van der Waals surface area contributed by atoms with Crippen LogP contribution in [0.5, 0.6) is 0 Å². The zero-order chi connectivity index (χ0) is 13.2. The Balaban J connectivity index is 2.22. The van der Waals surface area contributed by atoms with Gasteiger partial charge in [0.25, 0.3) is 0 Å². The van der Waals surface area contributed by atoms with Crippen molar-refractivity contribution in [1.82, 2.24) is 0 Å². The fraction of sp³-hybridized carbons (Fsp3) is 0.538. The molecule has 0 bridgehead atoms. The molecule has 1 aromatic rings. The van der Waals surface area contributed by atoms with Crippen molar-refractivity contribution < 1.29 is 13.2 Å². The van der Waals surface area contributed by atoms with E-state index < -0.39 is 9.84 Å². The molecule has 0 saturated heterocycles. The van der Waals surface area contributed by atoms with E-state index in [0.717, 1.165) is 12.8 Å². The van der Waals surface area contributed by atoms with Crippen molar-refractivity contribution in [3.8, 4) is 0 Å². The molecule has 5 heteroatoms. The highest BCUT2D eigenvalue weighted by atomic mass is 32.2. The quantitative estimate of drug-likeness (QED) is 0.852. The largest absolute Gasteiger partial charge is 0.399 e. The van der Waals surface area contributed by atoms with Crippen molar-refractivity contribution in [1.29, 1.82) is 0 Å². The summed E-state index contributed by atoms with van der Waals surface area (Å²) in [5, 5.41) is -0.333. The van der Waals surface area contributed by atoms with Gasteiger partial charge in [0.05, 0.1) is 16.2 Å². The average molecular weight is 269 g/mol. The summed E-state index contributed by atoms with van der Waals surface area (Å²) in [7, 11) is -1.62. The second-order valence-electron chi connectivity index (χ2n) is 4.76. The highest BCUT2D eigenvalue weighted by molar-refractivity contribution is 7.92. The smallest absolute Gasteiger partial charge is 0.181 e. The molecule has 1 aliphatic carbocycles. The zero-order valence-electron chi connectivity index (χ0n) is 10.5. The van der Waals surface area contributed by atoms with Crippen LogP contribution in [-0.4, -0.2) is 26.9 Å². The summed E-state index contributed by atoms with van der Waals surface area (Å²) in [6.07, 6.45) is 3.21. The zero-order valence-corrected chi connectivity index (χ0v) is 11.3. The molecule has 1 aliphatic rings. The monoisotopic (exact) mass is 269 g/mol. The van der Waals surface area contributed by atoms with Gasteiger partial charge in [-0.25, -0.2) is 8.42 Å². The van der Waals surface area contributed by atoms with Crippen LogP contribution in [0.15, 0.2) is 29.2 Å². The van der Waals surface area contributed by atoms with E-state index in [0.29, 0.717) is 23.4 Å². The van der Waals surface area contributed by atoms with Crippen molar-refractivity contribution in [2.75, 3.05) is 12.8 Å². The van der Waals surface area contributed by atoms with E-state index in [-0.39, 0.29) is 11.4 Å². The number of benzene rings is 1. The summed E-state index contributed by atoms with van der Waals surface area (Å²) in [6, 6.07) is 6.43. The Kier molecular flexibility index (Phi) is 3.92. The number of nitrogens with two attached hydrogens (primary N) is 1. The molecule has 1 fully saturated rings. The van der Waals surface area contributed by atoms with Gasteiger partial charge in [-0.05, 0) is 49.9 Å². The fourth-order valence-electron chi connectivity index (χ4n) is 2.45. The molecule has 0 spiro atoms. The van der Waals surface area contributed by atoms with Crippen LogP contribution in [0.4, 0.5) is 5.69 Å². The van der Waals surface area contributed by atoms with Gasteiger partial charge >= 0.3 is 0 Å². The number of rotatable bonds is 3. The Morgan fingerprint density at radius 3 is 2.50 bits per heavy atom. The minimum Gasteiger partial charge on any atom is -0.399 e. The van der Waals surface area contributed by atoms with Crippen molar-refractivity contribution in [3.63, 3.8) is 0 Å². The summed E-state index contributed by atoms with van der Waals surface area (Å²) in [6.45, 7) is 0. The minimum absolute atomic E-state index is 0.0623. The van der Waals surface area contributed by atoms with Gasteiger partial charge in [0.2, 0.25) is 0 Å². The van der Waals surface area contributed by atoms with Gasteiger partial charge in [-0.1, -0.05) is 0 Å². The Hall–Kier alpha value is -1.07. The number of hydrogen-bond acceptors (Lipinski definition) is 4. The molecule has 4 nitrogen and oxygen atoms in total. The second-order valence-corrected chi connectivity index (χ2v) is 6.99. The molecular formula is C13H19NO3S. The van der Waals surface area contributed by atoms with Gasteiger partial charge in [0, 0.05) is 12.8 Å². The van der Waals surface area contributed by atoms with Gasteiger partial charge in [0.15, 0.2) is 9.84 Å². The Morgan fingerprint density at radius 2 is 1.89 bits per heavy atom. The Labute approximate surface area is 108 Å². The van der Waals surface area contributed by atoms with Crippen LogP contribution in [0.25, 0.3) is 0 Å². The molecule has 0 aliphatic heterocycles. The van der Waals surface area contributed by atoms with Gasteiger partial charge < -0.3 is 10.5 Å². The SMILES string of the molecule is COC1CCCC(S(=O)(=O)c2ccc(N)cc2)C1. The Bertz CT molecular complexity index is 495. The fourth-order valence-corrected chi connectivity index (χ4v) is 4.29. The summed E-state index contributed by atoms with van der Waals surface area (Å²) >= 11 is 0. The third-order valence-corrected chi connectivity index (χ3v) is 5.79. The first-order valence-electron chi connectivity index (χ1n) is 6.16. The van der Waals surface area contributed by atoms with Crippen molar-refractivity contribution in [2.24, 2.45) is 0 Å². The molecule has 18 heavy (non-hydrogen) atoms. The second kappa shape index (κ2) is 5.28. The van der Waals surface area contributed by atoms with Crippen LogP contribution in [0.1, 0.15) is 25.7 Å². The number of methoxy groups -OCH3 is 1. The van der Waals surface area contributed by atoms with Crippen LogP contribution >= 0.6 is 0 Å². The minimum atomic E-state index is -3.26. The lowest BCUT2D eigenvalue weighted by molar-refractivity contribution is 0.0720. The summed E-state index contributed by atoms with van der Waals surface area (Å²) in [4.78, 5) is 0.360. The molecule has 0 heterocycles. The van der Waals surface area contributed by atoms with Crippen LogP contribution in [-0.2, 0) is 14.6 Å². The van der Waals surface area contributed by atoms with Gasteiger partial charge in [-0.3, -0.25) is 0 Å². The molecule has 2 N–H and O–H groups in total. The molecule has 0 amide bonds. The average Bonchev–Trinajstić information content (AvgIpc) is 2.39. The van der Waals surface area contributed by atoms with E-state index >= 15 is 0 Å². The maximum Gasteiger partial charge on any atom is 0.181 e.